The summed E-state index contributed by atoms with van der Waals surface area (Å²) in [7, 11) is 0. The van der Waals surface area contributed by atoms with Gasteiger partial charge in [-0.2, -0.15) is 4.98 Å². The highest BCUT2D eigenvalue weighted by atomic mass is 16.5. The summed E-state index contributed by atoms with van der Waals surface area (Å²) >= 11 is 0. The highest BCUT2D eigenvalue weighted by Crippen LogP contribution is 2.26. The van der Waals surface area contributed by atoms with E-state index in [1.54, 1.807) is 6.07 Å². The summed E-state index contributed by atoms with van der Waals surface area (Å²) in [5.41, 5.74) is 5.69. The van der Waals surface area contributed by atoms with Crippen molar-refractivity contribution in [2.75, 3.05) is 5.73 Å². The number of nitrogens with zero attached hydrogens (tertiary/aromatic N) is 2. The zero-order valence-electron chi connectivity index (χ0n) is 10.9. The number of nitrogen functional groups attached to an aromatic ring is 1. The second-order valence-corrected chi connectivity index (χ2v) is 5.73. The minimum absolute atomic E-state index is 0.108. The fraction of sp³-hybridized carbons (Fsp3) is 0.692. The summed E-state index contributed by atoms with van der Waals surface area (Å²) in [6.45, 7) is 6.21. The molecule has 4 nitrogen and oxygen atoms in total. The molecule has 1 aliphatic rings. The van der Waals surface area contributed by atoms with Gasteiger partial charge in [-0.3, -0.25) is 0 Å². The molecule has 0 saturated heterocycles. The molecule has 2 N–H and O–H groups in total. The van der Waals surface area contributed by atoms with Gasteiger partial charge >= 0.3 is 0 Å². The van der Waals surface area contributed by atoms with Crippen molar-refractivity contribution in [2.24, 2.45) is 0 Å². The molecule has 1 aromatic heterocycles. The Balaban J connectivity index is 2.19. The zero-order valence-corrected chi connectivity index (χ0v) is 10.9. The van der Waals surface area contributed by atoms with Gasteiger partial charge in [0.25, 0.3) is 0 Å². The van der Waals surface area contributed by atoms with E-state index in [1.807, 2.05) is 0 Å². The fourth-order valence-corrected chi connectivity index (χ4v) is 2.02. The number of rotatable bonds is 2. The Morgan fingerprint density at radius 3 is 2.47 bits per heavy atom. The smallest absolute Gasteiger partial charge is 0.219 e. The molecule has 0 aromatic carbocycles. The lowest BCUT2D eigenvalue weighted by Gasteiger charge is -2.19. The minimum Gasteiger partial charge on any atom is -0.474 e. The number of nitrogens with two attached hydrogens (primary N) is 1. The normalized spacial score (nSPS) is 17.4. The quantitative estimate of drug-likeness (QED) is 0.856. The van der Waals surface area contributed by atoms with Crippen molar-refractivity contribution in [3.05, 3.63) is 11.9 Å². The maximum Gasteiger partial charge on any atom is 0.219 e. The van der Waals surface area contributed by atoms with Gasteiger partial charge in [0.05, 0.1) is 0 Å². The van der Waals surface area contributed by atoms with Crippen LogP contribution in [0.1, 0.15) is 52.3 Å². The average Bonchev–Trinajstić information content (AvgIpc) is 2.68. The van der Waals surface area contributed by atoms with Crippen LogP contribution in [-0.4, -0.2) is 16.1 Å². The van der Waals surface area contributed by atoms with E-state index in [9.17, 15) is 0 Å². The molecule has 17 heavy (non-hydrogen) atoms. The standard InChI is InChI=1S/C13H21N3O/c1-13(2,3)12-15-10(14)8-11(16-12)17-9-6-4-5-7-9/h8-9H,4-7H2,1-3H3,(H2,14,15,16). The lowest BCUT2D eigenvalue weighted by molar-refractivity contribution is 0.200. The van der Waals surface area contributed by atoms with Gasteiger partial charge in [0.1, 0.15) is 17.7 Å². The summed E-state index contributed by atoms with van der Waals surface area (Å²) < 4.78 is 5.86. The monoisotopic (exact) mass is 235 g/mol. The Kier molecular flexibility index (Phi) is 3.22. The van der Waals surface area contributed by atoms with Crippen LogP contribution in [0.3, 0.4) is 0 Å². The molecule has 0 amide bonds. The molecular weight excluding hydrogens is 214 g/mol. The van der Waals surface area contributed by atoms with E-state index in [0.29, 0.717) is 17.8 Å². The van der Waals surface area contributed by atoms with Crippen molar-refractivity contribution in [1.29, 1.82) is 0 Å². The van der Waals surface area contributed by atoms with Crippen LogP contribution >= 0.6 is 0 Å². The van der Waals surface area contributed by atoms with Gasteiger partial charge in [-0.05, 0) is 25.7 Å². The summed E-state index contributed by atoms with van der Waals surface area (Å²) in [6, 6.07) is 1.72. The lowest BCUT2D eigenvalue weighted by Crippen LogP contribution is -2.19. The van der Waals surface area contributed by atoms with E-state index in [4.69, 9.17) is 10.5 Å². The summed E-state index contributed by atoms with van der Waals surface area (Å²) in [6.07, 6.45) is 5.04. The summed E-state index contributed by atoms with van der Waals surface area (Å²) in [4.78, 5) is 8.72. The van der Waals surface area contributed by atoms with E-state index < -0.39 is 0 Å². The molecule has 94 valence electrons. The first-order valence-corrected chi connectivity index (χ1v) is 6.27. The first-order valence-electron chi connectivity index (χ1n) is 6.27. The fourth-order valence-electron chi connectivity index (χ4n) is 2.02. The Morgan fingerprint density at radius 2 is 1.88 bits per heavy atom. The van der Waals surface area contributed by atoms with E-state index >= 15 is 0 Å². The number of anilines is 1. The third-order valence-corrected chi connectivity index (χ3v) is 2.98. The highest BCUT2D eigenvalue weighted by Gasteiger charge is 2.21. The predicted molar refractivity (Wildman–Crippen MR) is 68.0 cm³/mol. The van der Waals surface area contributed by atoms with Gasteiger partial charge in [-0.1, -0.05) is 20.8 Å². The van der Waals surface area contributed by atoms with Crippen molar-refractivity contribution in [1.82, 2.24) is 9.97 Å². The van der Waals surface area contributed by atoms with Crippen molar-refractivity contribution in [3.8, 4) is 5.88 Å². The van der Waals surface area contributed by atoms with Crippen LogP contribution in [0.5, 0.6) is 5.88 Å². The molecule has 0 spiro atoms. The van der Waals surface area contributed by atoms with Crippen molar-refractivity contribution < 1.29 is 4.74 Å². The SMILES string of the molecule is CC(C)(C)c1nc(N)cc(OC2CCCC2)n1. The maximum absolute atomic E-state index is 5.86. The molecule has 2 rings (SSSR count). The lowest BCUT2D eigenvalue weighted by atomic mass is 9.96. The van der Waals surface area contributed by atoms with Gasteiger partial charge in [0, 0.05) is 11.5 Å². The molecule has 1 aliphatic carbocycles. The number of hydrogen-bond acceptors (Lipinski definition) is 4. The first kappa shape index (κ1) is 12.1. The van der Waals surface area contributed by atoms with Crippen molar-refractivity contribution in [3.63, 3.8) is 0 Å². The van der Waals surface area contributed by atoms with Crippen LogP contribution < -0.4 is 10.5 Å². The predicted octanol–water partition coefficient (Wildman–Crippen LogP) is 2.68. The molecule has 0 bridgehead atoms. The van der Waals surface area contributed by atoms with Crippen LogP contribution in [0.25, 0.3) is 0 Å². The molecule has 0 radical (unpaired) electrons. The Labute approximate surface area is 103 Å². The second-order valence-electron chi connectivity index (χ2n) is 5.73. The van der Waals surface area contributed by atoms with Crippen LogP contribution in [0.15, 0.2) is 6.07 Å². The molecule has 0 atom stereocenters. The number of hydrogen-bond donors (Lipinski definition) is 1. The van der Waals surface area contributed by atoms with Gasteiger partial charge in [-0.15, -0.1) is 0 Å². The van der Waals surface area contributed by atoms with Crippen LogP contribution in [-0.2, 0) is 5.41 Å². The zero-order chi connectivity index (χ0) is 12.5. The van der Waals surface area contributed by atoms with E-state index in [0.717, 1.165) is 18.7 Å². The minimum atomic E-state index is -0.108. The molecule has 1 aromatic rings. The van der Waals surface area contributed by atoms with E-state index in [1.165, 1.54) is 12.8 Å². The van der Waals surface area contributed by atoms with Crippen molar-refractivity contribution >= 4 is 5.82 Å². The van der Waals surface area contributed by atoms with Gasteiger partial charge in [0.15, 0.2) is 0 Å². The second kappa shape index (κ2) is 4.51. The Morgan fingerprint density at radius 1 is 1.24 bits per heavy atom. The van der Waals surface area contributed by atoms with E-state index in [-0.39, 0.29) is 5.41 Å². The number of ether oxygens (including phenoxy) is 1. The molecule has 1 heterocycles. The molecule has 1 saturated carbocycles. The van der Waals surface area contributed by atoms with Crippen LogP contribution in [0.2, 0.25) is 0 Å². The number of aromatic nitrogens is 2. The van der Waals surface area contributed by atoms with Gasteiger partial charge in [-0.25, -0.2) is 4.98 Å². The molecule has 0 unspecified atom stereocenters. The van der Waals surface area contributed by atoms with Crippen LogP contribution in [0.4, 0.5) is 5.82 Å². The Hall–Kier alpha value is -1.32. The topological polar surface area (TPSA) is 61.0 Å². The molecule has 0 aliphatic heterocycles. The van der Waals surface area contributed by atoms with Crippen LogP contribution in [0, 0.1) is 0 Å². The highest BCUT2D eigenvalue weighted by molar-refractivity contribution is 5.34. The largest absolute Gasteiger partial charge is 0.474 e. The summed E-state index contributed by atoms with van der Waals surface area (Å²) in [5, 5.41) is 0. The Bertz CT molecular complexity index is 392. The maximum atomic E-state index is 5.86. The third-order valence-electron chi connectivity index (χ3n) is 2.98. The molecule has 4 heteroatoms. The molecule has 1 fully saturated rings. The third kappa shape index (κ3) is 3.08. The average molecular weight is 235 g/mol. The first-order chi connectivity index (χ1) is 7.95. The van der Waals surface area contributed by atoms with Gasteiger partial charge in [0.2, 0.25) is 5.88 Å². The van der Waals surface area contributed by atoms with E-state index in [2.05, 4.69) is 30.7 Å². The van der Waals surface area contributed by atoms with Crippen molar-refractivity contribution in [2.45, 2.75) is 58.0 Å². The summed E-state index contributed by atoms with van der Waals surface area (Å²) in [5.74, 6) is 1.85. The van der Waals surface area contributed by atoms with Gasteiger partial charge < -0.3 is 10.5 Å². The molecular formula is C13H21N3O.